The van der Waals surface area contributed by atoms with Crippen LogP contribution >= 0.6 is 8.46 Å². The molecule has 0 heterocycles. The van der Waals surface area contributed by atoms with E-state index in [1.165, 1.54) is 14.2 Å². The Bertz CT molecular complexity index is 648. The van der Waals surface area contributed by atoms with Gasteiger partial charge in [-0.3, -0.25) is 9.36 Å². The van der Waals surface area contributed by atoms with Crippen molar-refractivity contribution in [2.45, 2.75) is 12.3 Å². The highest BCUT2D eigenvalue weighted by atomic mass is 31.1. The normalized spacial score (nSPS) is 11.9. The summed E-state index contributed by atoms with van der Waals surface area (Å²) < 4.78 is 21.6. The van der Waals surface area contributed by atoms with Crippen LogP contribution in [0.4, 0.5) is 0 Å². The molecule has 4 nitrogen and oxygen atoms in total. The summed E-state index contributed by atoms with van der Waals surface area (Å²) in [6.07, 6.45) is 0.915. The molecule has 0 radical (unpaired) electrons. The van der Waals surface area contributed by atoms with Crippen molar-refractivity contribution in [3.8, 4) is 11.5 Å². The van der Waals surface area contributed by atoms with Crippen molar-refractivity contribution in [1.29, 1.82) is 0 Å². The van der Waals surface area contributed by atoms with Gasteiger partial charge in [0.05, 0.1) is 14.2 Å². The topological polar surface area (TPSA) is 52.6 Å². The Morgan fingerprint density at radius 2 is 1.61 bits per heavy atom. The van der Waals surface area contributed by atoms with Crippen LogP contribution in [0.25, 0.3) is 0 Å². The number of ether oxygens (including phenoxy) is 2. The van der Waals surface area contributed by atoms with Gasteiger partial charge in [-0.1, -0.05) is 36.4 Å². The zero-order valence-electron chi connectivity index (χ0n) is 13.2. The molecule has 0 aliphatic heterocycles. The van der Waals surface area contributed by atoms with Gasteiger partial charge in [0.2, 0.25) is 0 Å². The summed E-state index contributed by atoms with van der Waals surface area (Å²) in [6.45, 7) is 0. The highest BCUT2D eigenvalue weighted by molar-refractivity contribution is 7.23. The van der Waals surface area contributed by atoms with Crippen molar-refractivity contribution in [3.63, 3.8) is 0 Å². The first-order valence-corrected chi connectivity index (χ1v) is 8.32. The Kier molecular flexibility index (Phi) is 6.30. The monoisotopic (exact) mass is 330 g/mol. The fourth-order valence-electron chi connectivity index (χ4n) is 2.58. The number of Topliss-reactive ketones (excluding diaryl/α,β-unsaturated/α-hetero) is 1. The van der Waals surface area contributed by atoms with Gasteiger partial charge in [-0.05, 0) is 24.1 Å². The summed E-state index contributed by atoms with van der Waals surface area (Å²) in [7, 11) is 3.09. The Balaban J connectivity index is 2.47. The predicted molar refractivity (Wildman–Crippen MR) is 90.2 cm³/mol. The third-order valence-corrected chi connectivity index (χ3v) is 4.14. The molecule has 0 bridgehead atoms. The molecule has 1 unspecified atom stereocenters. The van der Waals surface area contributed by atoms with E-state index in [0.29, 0.717) is 29.6 Å². The quantitative estimate of drug-likeness (QED) is 0.533. The number of methoxy groups -OCH3 is 2. The van der Waals surface area contributed by atoms with Gasteiger partial charge in [0.1, 0.15) is 17.1 Å². The molecule has 0 aromatic heterocycles. The predicted octanol–water partition coefficient (Wildman–Crippen LogP) is 4.35. The maximum Gasteiger partial charge on any atom is 0.177 e. The fourth-order valence-corrected chi connectivity index (χ4v) is 2.95. The van der Waals surface area contributed by atoms with Crippen molar-refractivity contribution in [2.75, 3.05) is 20.4 Å². The first kappa shape index (κ1) is 17.2. The molecule has 2 aromatic rings. The number of rotatable bonds is 8. The summed E-state index contributed by atoms with van der Waals surface area (Å²) in [5.41, 5.74) is 1.32. The van der Waals surface area contributed by atoms with E-state index in [1.807, 2.05) is 30.3 Å². The summed E-state index contributed by atoms with van der Waals surface area (Å²) in [5.74, 6) is 0.488. The molecule has 120 valence electrons. The molecular weight excluding hydrogens is 311 g/mol. The van der Waals surface area contributed by atoms with Gasteiger partial charge in [0.25, 0.3) is 0 Å². The van der Waals surface area contributed by atoms with E-state index in [4.69, 9.17) is 9.47 Å². The van der Waals surface area contributed by atoms with E-state index in [-0.39, 0.29) is 20.2 Å². The molecule has 5 heteroatoms. The second-order valence-electron chi connectivity index (χ2n) is 5.01. The Labute approximate surface area is 137 Å². The third kappa shape index (κ3) is 3.96. The summed E-state index contributed by atoms with van der Waals surface area (Å²) in [4.78, 5) is 13.1. The molecule has 23 heavy (non-hydrogen) atoms. The van der Waals surface area contributed by atoms with E-state index in [9.17, 15) is 9.36 Å². The van der Waals surface area contributed by atoms with Gasteiger partial charge in [-0.2, -0.15) is 0 Å². The molecule has 0 spiro atoms. The Hall–Kier alpha value is -2.19. The van der Waals surface area contributed by atoms with E-state index in [1.54, 1.807) is 18.2 Å². The number of benzene rings is 2. The Morgan fingerprint density at radius 1 is 1.00 bits per heavy atom. The molecule has 0 N–H and O–H groups in total. The molecule has 0 aliphatic carbocycles. The molecule has 1 atom stereocenters. The van der Waals surface area contributed by atoms with Crippen LogP contribution in [0.1, 0.15) is 28.3 Å². The van der Waals surface area contributed by atoms with E-state index in [0.717, 1.165) is 5.56 Å². The fraction of sp³-hybridized carbons (Fsp3) is 0.278. The highest BCUT2D eigenvalue weighted by Crippen LogP contribution is 2.35. The van der Waals surface area contributed by atoms with Gasteiger partial charge >= 0.3 is 0 Å². The van der Waals surface area contributed by atoms with Gasteiger partial charge in [-0.25, -0.2) is 0 Å². The minimum Gasteiger partial charge on any atom is -0.496 e. The summed E-state index contributed by atoms with van der Waals surface area (Å²) in [5, 5.41) is 0. The number of hydrogen-bond acceptors (Lipinski definition) is 4. The van der Waals surface area contributed by atoms with Gasteiger partial charge < -0.3 is 9.47 Å². The van der Waals surface area contributed by atoms with Crippen molar-refractivity contribution in [3.05, 3.63) is 59.7 Å². The lowest BCUT2D eigenvalue weighted by Crippen LogP contribution is -2.16. The second-order valence-corrected chi connectivity index (χ2v) is 5.71. The average molecular weight is 330 g/mol. The Morgan fingerprint density at radius 3 is 2.13 bits per heavy atom. The minimum atomic E-state index is -0.386. The van der Waals surface area contributed by atoms with E-state index in [2.05, 4.69) is 0 Å². The molecule has 0 aliphatic rings. The largest absolute Gasteiger partial charge is 0.496 e. The average Bonchev–Trinajstić information content (AvgIpc) is 2.61. The van der Waals surface area contributed by atoms with Crippen molar-refractivity contribution >= 4 is 14.2 Å². The first-order chi connectivity index (χ1) is 11.2. The minimum absolute atomic E-state index is 0.0343. The lowest BCUT2D eigenvalue weighted by atomic mass is 9.88. The summed E-state index contributed by atoms with van der Waals surface area (Å²) in [6, 6.07) is 14.8. The van der Waals surface area contributed by atoms with Crippen molar-refractivity contribution in [2.24, 2.45) is 0 Å². The maximum atomic E-state index is 13.1. The summed E-state index contributed by atoms with van der Waals surface area (Å²) >= 11 is 0. The molecule has 0 saturated carbocycles. The van der Waals surface area contributed by atoms with Crippen LogP contribution in [0.3, 0.4) is 0 Å². The van der Waals surface area contributed by atoms with Gasteiger partial charge in [0, 0.05) is 12.1 Å². The standard InChI is InChI=1S/C18H19O4P/c1-21-15-9-6-10-16(22-2)17(15)18(19)14(11-12-23-20)13-7-4-3-5-8-13/h3-10,14H,11-12H2,1-2H3. The third-order valence-electron chi connectivity index (χ3n) is 3.70. The van der Waals surface area contributed by atoms with Crippen LogP contribution in [0.15, 0.2) is 48.5 Å². The van der Waals surface area contributed by atoms with Crippen LogP contribution in [0.2, 0.25) is 0 Å². The van der Waals surface area contributed by atoms with Crippen LogP contribution in [-0.2, 0) is 4.57 Å². The molecule has 0 amide bonds. The molecular formula is C18H19O4P. The van der Waals surface area contributed by atoms with Crippen LogP contribution in [0.5, 0.6) is 11.5 Å². The smallest absolute Gasteiger partial charge is 0.177 e. The molecule has 2 rings (SSSR count). The van der Waals surface area contributed by atoms with Gasteiger partial charge in [0.15, 0.2) is 14.2 Å². The van der Waals surface area contributed by atoms with Crippen LogP contribution in [0, 0.1) is 0 Å². The van der Waals surface area contributed by atoms with Crippen LogP contribution in [-0.4, -0.2) is 26.2 Å². The van der Waals surface area contributed by atoms with E-state index >= 15 is 0 Å². The lowest BCUT2D eigenvalue weighted by molar-refractivity contribution is 0.0951. The second kappa shape index (κ2) is 8.44. The number of hydrogen-bond donors (Lipinski definition) is 0. The maximum absolute atomic E-state index is 13.1. The van der Waals surface area contributed by atoms with Gasteiger partial charge in [-0.15, -0.1) is 0 Å². The zero-order chi connectivity index (χ0) is 16.7. The zero-order valence-corrected chi connectivity index (χ0v) is 14.1. The highest BCUT2D eigenvalue weighted by Gasteiger charge is 2.27. The van der Waals surface area contributed by atoms with Crippen molar-refractivity contribution < 1.29 is 18.8 Å². The SMILES string of the molecule is COc1cccc(OC)c1C(=O)C(CCP=O)c1ccccc1. The number of carbonyl (C=O) groups excluding carboxylic acids is 1. The lowest BCUT2D eigenvalue weighted by Gasteiger charge is -2.18. The number of carbonyl (C=O) groups is 1. The molecule has 2 aromatic carbocycles. The molecule has 0 saturated heterocycles. The number of ketones is 1. The van der Waals surface area contributed by atoms with Crippen molar-refractivity contribution in [1.82, 2.24) is 0 Å². The van der Waals surface area contributed by atoms with Crippen LogP contribution < -0.4 is 9.47 Å². The van der Waals surface area contributed by atoms with E-state index < -0.39 is 0 Å². The molecule has 0 fully saturated rings. The first-order valence-electron chi connectivity index (χ1n) is 7.32.